The first kappa shape index (κ1) is 19.4. The molecule has 0 aliphatic carbocycles. The standard InChI is InChI=1S/C16H18F3N5O2/c1-2-13(12-9-21-23(10-12)11-16(17,18)19)22-15(26)24(7-8-25)14-5-3-4-6-20-14/h3-6,8-10,13H,2,7,11H2,1H3,(H,22,26). The van der Waals surface area contributed by atoms with Crippen molar-refractivity contribution in [2.75, 3.05) is 11.4 Å². The molecule has 2 aromatic rings. The minimum Gasteiger partial charge on any atom is -0.331 e. The molecule has 0 aromatic carbocycles. The minimum atomic E-state index is -4.38. The normalized spacial score (nSPS) is 12.5. The van der Waals surface area contributed by atoms with Crippen molar-refractivity contribution in [2.45, 2.75) is 32.1 Å². The van der Waals surface area contributed by atoms with E-state index in [1.54, 1.807) is 25.1 Å². The highest BCUT2D eigenvalue weighted by Crippen LogP contribution is 2.21. The van der Waals surface area contributed by atoms with Crippen LogP contribution < -0.4 is 10.2 Å². The van der Waals surface area contributed by atoms with Gasteiger partial charge in [-0.15, -0.1) is 0 Å². The largest absolute Gasteiger partial charge is 0.408 e. The van der Waals surface area contributed by atoms with Gasteiger partial charge >= 0.3 is 12.2 Å². The Morgan fingerprint density at radius 2 is 2.19 bits per heavy atom. The molecule has 26 heavy (non-hydrogen) atoms. The van der Waals surface area contributed by atoms with Crippen molar-refractivity contribution in [3.8, 4) is 0 Å². The molecule has 0 saturated heterocycles. The zero-order chi connectivity index (χ0) is 19.2. The van der Waals surface area contributed by atoms with Crippen LogP contribution in [0.15, 0.2) is 36.8 Å². The summed E-state index contributed by atoms with van der Waals surface area (Å²) in [4.78, 5) is 28.6. The van der Waals surface area contributed by atoms with E-state index in [1.165, 1.54) is 18.6 Å². The van der Waals surface area contributed by atoms with Crippen LogP contribution >= 0.6 is 0 Å². The minimum absolute atomic E-state index is 0.202. The number of pyridine rings is 1. The van der Waals surface area contributed by atoms with E-state index in [1.807, 2.05) is 0 Å². The molecule has 10 heteroatoms. The molecule has 2 heterocycles. The summed E-state index contributed by atoms with van der Waals surface area (Å²) in [5.41, 5.74) is 0.442. The number of nitrogens with zero attached hydrogens (tertiary/aromatic N) is 4. The summed E-state index contributed by atoms with van der Waals surface area (Å²) in [6, 6.07) is 3.79. The lowest BCUT2D eigenvalue weighted by Crippen LogP contribution is -2.43. The molecule has 1 unspecified atom stereocenters. The smallest absolute Gasteiger partial charge is 0.331 e. The molecule has 2 aromatic heterocycles. The molecule has 1 atom stereocenters. The van der Waals surface area contributed by atoms with E-state index in [-0.39, 0.29) is 6.54 Å². The van der Waals surface area contributed by atoms with Gasteiger partial charge in [-0.3, -0.25) is 9.58 Å². The number of halogens is 3. The molecule has 0 aliphatic heterocycles. The average Bonchev–Trinajstić information content (AvgIpc) is 3.04. The number of anilines is 1. The van der Waals surface area contributed by atoms with Gasteiger partial charge in [-0.25, -0.2) is 9.78 Å². The van der Waals surface area contributed by atoms with Crippen molar-refractivity contribution in [2.24, 2.45) is 0 Å². The predicted molar refractivity (Wildman–Crippen MR) is 87.5 cm³/mol. The highest BCUT2D eigenvalue weighted by Gasteiger charge is 2.29. The maximum absolute atomic E-state index is 12.5. The first-order chi connectivity index (χ1) is 12.3. The molecule has 2 amide bonds. The van der Waals surface area contributed by atoms with Crippen LogP contribution in [0.25, 0.3) is 0 Å². The van der Waals surface area contributed by atoms with Crippen molar-refractivity contribution >= 4 is 18.1 Å². The van der Waals surface area contributed by atoms with Crippen LogP contribution in [0.4, 0.5) is 23.8 Å². The summed E-state index contributed by atoms with van der Waals surface area (Å²) in [6.07, 6.45) is 0.627. The molecule has 0 spiro atoms. The van der Waals surface area contributed by atoms with E-state index < -0.39 is 24.8 Å². The number of urea groups is 1. The maximum atomic E-state index is 12.5. The molecular weight excluding hydrogens is 351 g/mol. The average molecular weight is 369 g/mol. The number of alkyl halides is 3. The van der Waals surface area contributed by atoms with Crippen molar-refractivity contribution in [1.82, 2.24) is 20.1 Å². The third kappa shape index (κ3) is 5.30. The number of hydrogen-bond donors (Lipinski definition) is 1. The molecule has 0 aliphatic rings. The van der Waals surface area contributed by atoms with Crippen LogP contribution in [-0.4, -0.2) is 39.8 Å². The lowest BCUT2D eigenvalue weighted by Gasteiger charge is -2.23. The Bertz CT molecular complexity index is 733. The number of aromatic nitrogens is 3. The maximum Gasteiger partial charge on any atom is 0.408 e. The molecule has 0 fully saturated rings. The number of nitrogens with one attached hydrogen (secondary N) is 1. The lowest BCUT2D eigenvalue weighted by molar-refractivity contribution is -0.142. The van der Waals surface area contributed by atoms with E-state index in [2.05, 4.69) is 15.4 Å². The molecular formula is C16H18F3N5O2. The fourth-order valence-corrected chi connectivity index (χ4v) is 2.35. The fraction of sp³-hybridized carbons (Fsp3) is 0.375. The van der Waals surface area contributed by atoms with E-state index in [9.17, 15) is 22.8 Å². The van der Waals surface area contributed by atoms with Gasteiger partial charge in [-0.1, -0.05) is 13.0 Å². The quantitative estimate of drug-likeness (QED) is 0.761. The number of amides is 2. The monoisotopic (exact) mass is 369 g/mol. The van der Waals surface area contributed by atoms with Gasteiger partial charge in [0, 0.05) is 18.0 Å². The second kappa shape index (κ2) is 8.45. The Labute approximate surface area is 147 Å². The summed E-state index contributed by atoms with van der Waals surface area (Å²) in [7, 11) is 0. The van der Waals surface area contributed by atoms with Gasteiger partial charge in [-0.05, 0) is 18.6 Å². The van der Waals surface area contributed by atoms with Gasteiger partial charge < -0.3 is 10.1 Å². The van der Waals surface area contributed by atoms with E-state index in [0.29, 0.717) is 24.1 Å². The highest BCUT2D eigenvalue weighted by molar-refractivity contribution is 5.93. The predicted octanol–water partition coefficient (Wildman–Crippen LogP) is 2.71. The van der Waals surface area contributed by atoms with Crippen LogP contribution in [-0.2, 0) is 11.3 Å². The van der Waals surface area contributed by atoms with Gasteiger partial charge in [0.1, 0.15) is 18.6 Å². The molecule has 1 N–H and O–H groups in total. The topological polar surface area (TPSA) is 80.1 Å². The number of aldehydes is 1. The summed E-state index contributed by atoms with van der Waals surface area (Å²) >= 11 is 0. The molecule has 0 bridgehead atoms. The van der Waals surface area contributed by atoms with Crippen molar-refractivity contribution < 1.29 is 22.8 Å². The van der Waals surface area contributed by atoms with Crippen molar-refractivity contribution in [1.29, 1.82) is 0 Å². The number of carbonyl (C=O) groups excluding carboxylic acids is 2. The van der Waals surface area contributed by atoms with Crippen molar-refractivity contribution in [3.63, 3.8) is 0 Å². The van der Waals surface area contributed by atoms with Crippen molar-refractivity contribution in [3.05, 3.63) is 42.4 Å². The molecule has 140 valence electrons. The second-order valence-corrected chi connectivity index (χ2v) is 5.46. The van der Waals surface area contributed by atoms with Crippen LogP contribution in [0.1, 0.15) is 24.9 Å². The van der Waals surface area contributed by atoms with E-state index in [4.69, 9.17) is 0 Å². The summed E-state index contributed by atoms with van der Waals surface area (Å²) < 4.78 is 38.1. The molecule has 0 radical (unpaired) electrons. The van der Waals surface area contributed by atoms with Crippen LogP contribution in [0.3, 0.4) is 0 Å². The molecule has 2 rings (SSSR count). The summed E-state index contributed by atoms with van der Waals surface area (Å²) in [5, 5.41) is 6.38. The van der Waals surface area contributed by atoms with Gasteiger partial charge in [0.15, 0.2) is 0 Å². The first-order valence-corrected chi connectivity index (χ1v) is 7.86. The SMILES string of the molecule is CCC(NC(=O)N(CC=O)c1ccccn1)c1cnn(CC(F)(F)F)c1. The molecule has 0 saturated carbocycles. The summed E-state index contributed by atoms with van der Waals surface area (Å²) in [5.74, 6) is 0.291. The Morgan fingerprint density at radius 3 is 2.77 bits per heavy atom. The summed E-state index contributed by atoms with van der Waals surface area (Å²) in [6.45, 7) is 0.367. The van der Waals surface area contributed by atoms with E-state index >= 15 is 0 Å². The third-order valence-corrected chi connectivity index (χ3v) is 3.53. The Morgan fingerprint density at radius 1 is 1.42 bits per heavy atom. The van der Waals surface area contributed by atoms with E-state index in [0.717, 1.165) is 9.58 Å². The number of hydrogen-bond acceptors (Lipinski definition) is 4. The van der Waals surface area contributed by atoms with Crippen LogP contribution in [0, 0.1) is 0 Å². The first-order valence-electron chi connectivity index (χ1n) is 7.86. The van der Waals surface area contributed by atoms with Gasteiger partial charge in [0.25, 0.3) is 0 Å². The van der Waals surface area contributed by atoms with Crippen LogP contribution in [0.2, 0.25) is 0 Å². The van der Waals surface area contributed by atoms with Crippen LogP contribution in [0.5, 0.6) is 0 Å². The van der Waals surface area contributed by atoms with Gasteiger partial charge in [-0.2, -0.15) is 18.3 Å². The Balaban J connectivity index is 2.12. The Kier molecular flexibility index (Phi) is 6.31. The zero-order valence-electron chi connectivity index (χ0n) is 14.0. The highest BCUT2D eigenvalue weighted by atomic mass is 19.4. The Hall–Kier alpha value is -2.91. The fourth-order valence-electron chi connectivity index (χ4n) is 2.35. The molecule has 7 nitrogen and oxygen atoms in total. The second-order valence-electron chi connectivity index (χ2n) is 5.46. The number of rotatable bonds is 7. The zero-order valence-corrected chi connectivity index (χ0v) is 14.0. The number of carbonyl (C=O) groups is 2. The lowest BCUT2D eigenvalue weighted by atomic mass is 10.1. The van der Waals surface area contributed by atoms with Gasteiger partial charge in [0.05, 0.1) is 18.8 Å². The van der Waals surface area contributed by atoms with Gasteiger partial charge in [0.2, 0.25) is 0 Å². The third-order valence-electron chi connectivity index (χ3n) is 3.53.